The van der Waals surface area contributed by atoms with Gasteiger partial charge in [0.1, 0.15) is 5.54 Å². The Kier molecular flexibility index (Phi) is 14.7. The van der Waals surface area contributed by atoms with Gasteiger partial charge in [0.2, 0.25) is 0 Å². The van der Waals surface area contributed by atoms with Crippen molar-refractivity contribution in [1.29, 1.82) is 0 Å². The van der Waals surface area contributed by atoms with Crippen LogP contribution < -0.4 is 10.6 Å². The Morgan fingerprint density at radius 3 is 2.12 bits per heavy atom. The van der Waals surface area contributed by atoms with Crippen LogP contribution >= 0.6 is 0 Å². The van der Waals surface area contributed by atoms with E-state index in [2.05, 4.69) is 61.4 Å². The highest BCUT2D eigenvalue weighted by molar-refractivity contribution is 5.14. The number of hydrogen-bond acceptors (Lipinski definition) is 5. The van der Waals surface area contributed by atoms with E-state index in [1.165, 1.54) is 31.2 Å². The molecule has 184 valence electrons. The van der Waals surface area contributed by atoms with E-state index in [0.29, 0.717) is 0 Å². The van der Waals surface area contributed by atoms with Crippen LogP contribution in [-0.2, 0) is 20.8 Å². The second-order valence-electron chi connectivity index (χ2n) is 8.52. The van der Waals surface area contributed by atoms with Gasteiger partial charge in [-0.3, -0.25) is 0 Å². The third-order valence-corrected chi connectivity index (χ3v) is 6.45. The van der Waals surface area contributed by atoms with Crippen LogP contribution in [-0.4, -0.2) is 45.9 Å². The van der Waals surface area contributed by atoms with Gasteiger partial charge in [0.05, 0.1) is 0 Å². The molecule has 32 heavy (non-hydrogen) atoms. The lowest BCUT2D eigenvalue weighted by atomic mass is 9.74. The van der Waals surface area contributed by atoms with Crippen LogP contribution in [0, 0.1) is 5.92 Å². The van der Waals surface area contributed by atoms with Crippen LogP contribution in [0.2, 0.25) is 0 Å². The summed E-state index contributed by atoms with van der Waals surface area (Å²) in [5.41, 5.74) is 0.740. The molecular formula is C27H48N2O3. The van der Waals surface area contributed by atoms with E-state index >= 15 is 0 Å². The summed E-state index contributed by atoms with van der Waals surface area (Å²) in [5.74, 6) is -1.04. The third-order valence-electron chi connectivity index (χ3n) is 6.45. The molecule has 0 aromatic heterocycles. The van der Waals surface area contributed by atoms with Crippen molar-refractivity contribution in [2.45, 2.75) is 83.3 Å². The molecule has 5 heteroatoms. The van der Waals surface area contributed by atoms with E-state index < -0.39 is 11.5 Å². The highest BCUT2D eigenvalue weighted by Crippen LogP contribution is 2.41. The van der Waals surface area contributed by atoms with E-state index in [4.69, 9.17) is 14.2 Å². The molecule has 1 aromatic rings. The van der Waals surface area contributed by atoms with Crippen molar-refractivity contribution in [2.24, 2.45) is 5.92 Å². The molecule has 0 bridgehead atoms. The van der Waals surface area contributed by atoms with Crippen molar-refractivity contribution in [3.8, 4) is 0 Å². The molecule has 0 saturated heterocycles. The lowest BCUT2D eigenvalue weighted by molar-refractivity contribution is -0.395. The molecule has 2 unspecified atom stereocenters. The molecule has 0 aliphatic rings. The van der Waals surface area contributed by atoms with Crippen molar-refractivity contribution in [1.82, 2.24) is 10.6 Å². The summed E-state index contributed by atoms with van der Waals surface area (Å²) in [7, 11) is 4.98. The van der Waals surface area contributed by atoms with Gasteiger partial charge in [-0.25, -0.2) is 0 Å². The SMILES string of the molecule is C=CC(CCCCCCC)C(CCC)(NCCNCc1ccccc1)C(OC)(OC)OC. The van der Waals surface area contributed by atoms with Crippen LogP contribution in [0.4, 0.5) is 0 Å². The molecule has 1 aromatic carbocycles. The summed E-state index contributed by atoms with van der Waals surface area (Å²) < 4.78 is 17.8. The van der Waals surface area contributed by atoms with Gasteiger partial charge in [0.15, 0.2) is 0 Å². The van der Waals surface area contributed by atoms with Gasteiger partial charge in [-0.05, 0) is 18.4 Å². The third kappa shape index (κ3) is 7.96. The summed E-state index contributed by atoms with van der Waals surface area (Å²) in [6.07, 6.45) is 11.1. The topological polar surface area (TPSA) is 51.8 Å². The smallest absolute Gasteiger partial charge is 0.302 e. The number of hydrogen-bond donors (Lipinski definition) is 2. The van der Waals surface area contributed by atoms with Crippen LogP contribution in [0.1, 0.15) is 70.8 Å². The average molecular weight is 449 g/mol. The van der Waals surface area contributed by atoms with E-state index in [9.17, 15) is 0 Å². The van der Waals surface area contributed by atoms with E-state index in [0.717, 1.165) is 45.3 Å². The summed E-state index contributed by atoms with van der Waals surface area (Å²) in [6.45, 7) is 11.1. The normalized spacial score (nSPS) is 14.8. The lowest BCUT2D eigenvalue weighted by Crippen LogP contribution is -2.69. The minimum Gasteiger partial charge on any atom is -0.329 e. The van der Waals surface area contributed by atoms with Gasteiger partial charge in [-0.1, -0.05) is 88.8 Å². The molecule has 0 heterocycles. The van der Waals surface area contributed by atoms with Crippen LogP contribution in [0.25, 0.3) is 0 Å². The number of ether oxygens (including phenoxy) is 3. The first kappa shape index (κ1) is 28.8. The number of rotatable bonds is 20. The van der Waals surface area contributed by atoms with Crippen molar-refractivity contribution in [2.75, 3.05) is 34.4 Å². The molecule has 0 aliphatic carbocycles. The quantitative estimate of drug-likeness (QED) is 0.153. The molecule has 0 spiro atoms. The fraction of sp³-hybridized carbons (Fsp3) is 0.704. The minimum atomic E-state index is -1.19. The first-order valence-corrected chi connectivity index (χ1v) is 12.4. The fourth-order valence-electron chi connectivity index (χ4n) is 4.82. The Hall–Kier alpha value is -1.24. The first-order valence-electron chi connectivity index (χ1n) is 12.4. The maximum absolute atomic E-state index is 5.93. The second-order valence-corrected chi connectivity index (χ2v) is 8.52. The van der Waals surface area contributed by atoms with Crippen LogP contribution in [0.3, 0.4) is 0 Å². The van der Waals surface area contributed by atoms with Crippen LogP contribution in [0.5, 0.6) is 0 Å². The van der Waals surface area contributed by atoms with Gasteiger partial charge >= 0.3 is 5.97 Å². The summed E-state index contributed by atoms with van der Waals surface area (Å²) >= 11 is 0. The Labute approximate surface area is 197 Å². The summed E-state index contributed by atoms with van der Waals surface area (Å²) in [6, 6.07) is 10.5. The molecular weight excluding hydrogens is 400 g/mol. The second kappa shape index (κ2) is 16.4. The van der Waals surface area contributed by atoms with E-state index in [-0.39, 0.29) is 5.92 Å². The Morgan fingerprint density at radius 1 is 0.906 bits per heavy atom. The highest BCUT2D eigenvalue weighted by atomic mass is 16.9. The molecule has 0 radical (unpaired) electrons. The van der Waals surface area contributed by atoms with E-state index in [1.807, 2.05) is 6.07 Å². The summed E-state index contributed by atoms with van der Waals surface area (Å²) in [4.78, 5) is 0. The van der Waals surface area contributed by atoms with Crippen LogP contribution in [0.15, 0.2) is 43.0 Å². The van der Waals surface area contributed by atoms with Gasteiger partial charge in [0, 0.05) is 46.9 Å². The van der Waals surface area contributed by atoms with Crippen molar-refractivity contribution < 1.29 is 14.2 Å². The number of methoxy groups -OCH3 is 3. The first-order chi connectivity index (χ1) is 15.6. The van der Waals surface area contributed by atoms with Crippen molar-refractivity contribution >= 4 is 0 Å². The Balaban J connectivity index is 2.95. The van der Waals surface area contributed by atoms with Crippen molar-refractivity contribution in [3.63, 3.8) is 0 Å². The zero-order valence-corrected chi connectivity index (χ0v) is 21.3. The minimum absolute atomic E-state index is 0.151. The molecule has 2 atom stereocenters. The van der Waals surface area contributed by atoms with Gasteiger partial charge < -0.3 is 24.8 Å². The molecule has 2 N–H and O–H groups in total. The maximum Gasteiger partial charge on any atom is 0.302 e. The largest absolute Gasteiger partial charge is 0.329 e. The standard InChI is InChI=1S/C27H48N2O3/c1-7-10-11-12-16-19-25(9-3)26(20-8-2,27(30-4,31-5)32-6)29-22-21-28-23-24-17-14-13-15-18-24/h9,13-15,17-18,25,28-29H,3,7-8,10-12,16,19-23H2,1-2,4-6H3. The average Bonchev–Trinajstić information content (AvgIpc) is 2.83. The van der Waals surface area contributed by atoms with Crippen molar-refractivity contribution in [3.05, 3.63) is 48.6 Å². The molecule has 1 rings (SSSR count). The number of unbranched alkanes of at least 4 members (excludes halogenated alkanes) is 4. The molecule has 5 nitrogen and oxygen atoms in total. The zero-order chi connectivity index (χ0) is 23.7. The highest BCUT2D eigenvalue weighted by Gasteiger charge is 2.56. The van der Waals surface area contributed by atoms with Gasteiger partial charge in [0.25, 0.3) is 0 Å². The van der Waals surface area contributed by atoms with Gasteiger partial charge in [-0.2, -0.15) is 0 Å². The predicted molar refractivity (Wildman–Crippen MR) is 135 cm³/mol. The Bertz CT molecular complexity index is 584. The van der Waals surface area contributed by atoms with E-state index in [1.54, 1.807) is 21.3 Å². The lowest BCUT2D eigenvalue weighted by Gasteiger charge is -2.51. The number of benzene rings is 1. The van der Waals surface area contributed by atoms with Gasteiger partial charge in [-0.15, -0.1) is 6.58 Å². The fourth-order valence-corrected chi connectivity index (χ4v) is 4.82. The Morgan fingerprint density at radius 2 is 1.56 bits per heavy atom. The number of nitrogens with one attached hydrogen (secondary N) is 2. The molecule has 0 aliphatic heterocycles. The molecule has 0 amide bonds. The zero-order valence-electron chi connectivity index (χ0n) is 21.3. The monoisotopic (exact) mass is 448 g/mol. The maximum atomic E-state index is 5.93. The molecule has 0 saturated carbocycles. The predicted octanol–water partition coefficient (Wildman–Crippen LogP) is 5.66. The summed E-state index contributed by atoms with van der Waals surface area (Å²) in [5, 5.41) is 7.34. The molecule has 0 fully saturated rings.